The molecule has 0 aromatic heterocycles. The number of hydrogen-bond acceptors (Lipinski definition) is 9. The SMILES string of the molecule is [3H]CSO[C@H]1C[C@@]2(O)[C@@H](OC(C)=O)[C@@H]3[C@]4(O)CO[C@@H]4C[C@H](C)[C@@]3(C)C(=O)[C@H](O)C(=C1C)C2(C)C. The Morgan fingerprint density at radius 3 is 2.52 bits per heavy atom. The van der Waals surface area contributed by atoms with E-state index >= 15 is 0 Å². The van der Waals surface area contributed by atoms with Gasteiger partial charge in [-0.2, -0.15) is 0 Å². The third kappa shape index (κ3) is 3.09. The number of aliphatic hydroxyl groups excluding tert-OH is 1. The molecule has 4 aliphatic rings. The smallest absolute Gasteiger partial charge is 0.303 e. The molecule has 9 atom stereocenters. The van der Waals surface area contributed by atoms with Crippen molar-refractivity contribution < 1.29 is 39.9 Å². The first-order valence-electron chi connectivity index (χ1n) is 12.1. The van der Waals surface area contributed by atoms with Crippen LogP contribution in [-0.2, 0) is 23.2 Å². The Hall–Kier alpha value is -0.970. The lowest BCUT2D eigenvalue weighted by Crippen LogP contribution is -2.80. The number of aliphatic hydroxyl groups is 3. The van der Waals surface area contributed by atoms with Gasteiger partial charge >= 0.3 is 5.97 Å². The number of hydrogen-bond donors (Lipinski definition) is 3. The average molecular weight is 487 g/mol. The number of ether oxygens (including phenoxy) is 2. The van der Waals surface area contributed by atoms with Gasteiger partial charge in [-0.1, -0.05) is 27.7 Å². The Balaban J connectivity index is 2.02. The predicted molar refractivity (Wildman–Crippen MR) is 121 cm³/mol. The van der Waals surface area contributed by atoms with Gasteiger partial charge < -0.3 is 29.0 Å². The van der Waals surface area contributed by atoms with Gasteiger partial charge in [0.05, 0.1) is 18.8 Å². The third-order valence-corrected chi connectivity index (χ3v) is 9.68. The van der Waals surface area contributed by atoms with Crippen molar-refractivity contribution in [2.24, 2.45) is 22.7 Å². The van der Waals surface area contributed by atoms with E-state index in [1.807, 2.05) is 6.92 Å². The zero-order valence-electron chi connectivity index (χ0n) is 21.1. The van der Waals surface area contributed by atoms with Crippen LogP contribution < -0.4 is 0 Å². The molecule has 3 aliphatic carbocycles. The fraction of sp³-hybridized carbons (Fsp3) is 0.833. The molecule has 2 bridgehead atoms. The van der Waals surface area contributed by atoms with Crippen molar-refractivity contribution in [1.82, 2.24) is 0 Å². The van der Waals surface area contributed by atoms with Gasteiger partial charge in [0.25, 0.3) is 0 Å². The Kier molecular flexibility index (Phi) is 5.59. The first-order chi connectivity index (χ1) is 15.7. The Bertz CT molecular complexity index is 923. The summed E-state index contributed by atoms with van der Waals surface area (Å²) in [5, 5.41) is 35.9. The van der Waals surface area contributed by atoms with E-state index in [2.05, 4.69) is 0 Å². The van der Waals surface area contributed by atoms with E-state index in [0.717, 1.165) is 12.0 Å². The highest BCUT2D eigenvalue weighted by molar-refractivity contribution is 7.93. The molecule has 2 saturated carbocycles. The number of fused-ring (bicyclic) bond motifs is 5. The van der Waals surface area contributed by atoms with Crippen LogP contribution in [0.2, 0.25) is 0 Å². The highest BCUT2D eigenvalue weighted by atomic mass is 32.2. The molecule has 3 fully saturated rings. The van der Waals surface area contributed by atoms with Gasteiger partial charge in [-0.05, 0) is 42.5 Å². The van der Waals surface area contributed by atoms with Crippen LogP contribution in [0, 0.1) is 22.7 Å². The minimum Gasteiger partial charge on any atom is -0.459 e. The first-order valence-corrected chi connectivity index (χ1v) is 12.3. The molecular weight excluding hydrogens is 448 g/mol. The zero-order chi connectivity index (χ0) is 25.4. The maximum Gasteiger partial charge on any atom is 0.303 e. The summed E-state index contributed by atoms with van der Waals surface area (Å²) in [6.45, 7) is 9.96. The van der Waals surface area contributed by atoms with E-state index in [-0.39, 0.29) is 25.2 Å². The Morgan fingerprint density at radius 2 is 1.97 bits per heavy atom. The summed E-state index contributed by atoms with van der Waals surface area (Å²) in [6, 6.07) is 0. The van der Waals surface area contributed by atoms with Crippen molar-refractivity contribution in [2.45, 2.75) is 90.0 Å². The molecule has 0 unspecified atom stereocenters. The second kappa shape index (κ2) is 7.77. The molecule has 33 heavy (non-hydrogen) atoms. The fourth-order valence-electron chi connectivity index (χ4n) is 7.15. The van der Waals surface area contributed by atoms with Crippen LogP contribution in [0.3, 0.4) is 0 Å². The first kappa shape index (κ1) is 23.8. The summed E-state index contributed by atoms with van der Waals surface area (Å²) in [7, 11) is 0. The maximum absolute atomic E-state index is 14.1. The van der Waals surface area contributed by atoms with Crippen LogP contribution >= 0.6 is 12.0 Å². The molecule has 0 amide bonds. The molecule has 9 heteroatoms. The number of carbonyl (C=O) groups is 2. The molecule has 4 rings (SSSR count). The Labute approximate surface area is 200 Å². The van der Waals surface area contributed by atoms with Crippen molar-refractivity contribution in [3.8, 4) is 0 Å². The molecule has 1 saturated heterocycles. The largest absolute Gasteiger partial charge is 0.459 e. The molecule has 3 N–H and O–H groups in total. The van der Waals surface area contributed by atoms with Crippen molar-refractivity contribution in [3.05, 3.63) is 11.1 Å². The minimum absolute atomic E-state index is 0.00373. The summed E-state index contributed by atoms with van der Waals surface area (Å²) < 4.78 is 24.8. The summed E-state index contributed by atoms with van der Waals surface area (Å²) in [6.07, 6.45) is -3.77. The normalized spacial score (nSPS) is 49.1. The molecule has 1 aliphatic heterocycles. The minimum atomic E-state index is -1.79. The molecule has 0 spiro atoms. The van der Waals surface area contributed by atoms with Crippen LogP contribution in [0.1, 0.15) is 55.8 Å². The van der Waals surface area contributed by atoms with E-state index < -0.39 is 64.1 Å². The molecule has 0 aromatic carbocycles. The van der Waals surface area contributed by atoms with Gasteiger partial charge in [-0.15, -0.1) is 0 Å². The molecule has 186 valence electrons. The topological polar surface area (TPSA) is 123 Å². The number of carbonyl (C=O) groups excluding carboxylic acids is 2. The van der Waals surface area contributed by atoms with E-state index in [0.29, 0.717) is 17.6 Å². The number of Topliss-reactive ketones (excluding diaryl/α,β-unsaturated/α-hetero) is 1. The fourth-order valence-corrected chi connectivity index (χ4v) is 7.53. The predicted octanol–water partition coefficient (Wildman–Crippen LogP) is 1.79. The summed E-state index contributed by atoms with van der Waals surface area (Å²) in [4.78, 5) is 26.5. The summed E-state index contributed by atoms with van der Waals surface area (Å²) in [5.74, 6) is -2.45. The quantitative estimate of drug-likeness (QED) is 0.311. The van der Waals surface area contributed by atoms with Gasteiger partial charge in [-0.25, -0.2) is 0 Å². The van der Waals surface area contributed by atoms with E-state index in [4.69, 9.17) is 15.0 Å². The van der Waals surface area contributed by atoms with Gasteiger partial charge in [0.2, 0.25) is 0 Å². The molecule has 0 aromatic rings. The van der Waals surface area contributed by atoms with Gasteiger partial charge in [0, 0.05) is 37.7 Å². The van der Waals surface area contributed by atoms with E-state index in [1.54, 1.807) is 27.7 Å². The number of rotatable bonds is 3. The van der Waals surface area contributed by atoms with Crippen molar-refractivity contribution in [2.75, 3.05) is 12.8 Å². The highest BCUT2D eigenvalue weighted by Crippen LogP contribution is 2.64. The molecule has 1 heterocycles. The lowest BCUT2D eigenvalue weighted by molar-refractivity contribution is -0.339. The van der Waals surface area contributed by atoms with Crippen LogP contribution in [0.4, 0.5) is 0 Å². The second-order valence-corrected chi connectivity index (χ2v) is 11.5. The van der Waals surface area contributed by atoms with Gasteiger partial charge in [0.1, 0.15) is 23.4 Å². The lowest BCUT2D eigenvalue weighted by atomic mass is 9.43. The Morgan fingerprint density at radius 1 is 1.30 bits per heavy atom. The summed E-state index contributed by atoms with van der Waals surface area (Å²) >= 11 is 0.897. The van der Waals surface area contributed by atoms with Crippen LogP contribution in [-0.4, -0.2) is 75.5 Å². The average Bonchev–Trinajstić information content (AvgIpc) is 2.74. The summed E-state index contributed by atoms with van der Waals surface area (Å²) in [5.41, 5.74) is -4.84. The van der Waals surface area contributed by atoms with Gasteiger partial charge in [0.15, 0.2) is 5.78 Å². The lowest BCUT2D eigenvalue weighted by Gasteiger charge is -2.67. The monoisotopic (exact) mass is 486 g/mol. The number of ketones is 1. The van der Waals surface area contributed by atoms with Crippen LogP contribution in [0.15, 0.2) is 11.1 Å². The van der Waals surface area contributed by atoms with Crippen LogP contribution in [0.25, 0.3) is 0 Å². The third-order valence-electron chi connectivity index (χ3n) is 9.31. The second-order valence-electron chi connectivity index (χ2n) is 11.0. The van der Waals surface area contributed by atoms with E-state index in [9.17, 15) is 24.9 Å². The van der Waals surface area contributed by atoms with Crippen molar-refractivity contribution >= 4 is 23.8 Å². The van der Waals surface area contributed by atoms with Crippen molar-refractivity contribution in [1.29, 1.82) is 0 Å². The van der Waals surface area contributed by atoms with Gasteiger partial charge in [-0.3, -0.25) is 9.59 Å². The van der Waals surface area contributed by atoms with Crippen molar-refractivity contribution in [3.63, 3.8) is 0 Å². The molecular formula is C24H36O8S. The standard InChI is InChI=1S/C24H36O8S/c1-11-8-15-23(28,10-30-15)18-20(31-13(3)25)24(29)9-14(32-33-7)12(2)16(21(24,4)5)17(26)19(27)22(11,18)6/h11,14-15,17-18,20,26,28-29H,8-10H2,1-7H3/t11-,14-,15+,17+,18-,20-,22+,23-,24+/m0/s1/i7T. The maximum atomic E-state index is 14.1. The van der Waals surface area contributed by atoms with E-state index in [1.165, 1.54) is 6.92 Å². The molecule has 8 nitrogen and oxygen atoms in total. The highest BCUT2D eigenvalue weighted by Gasteiger charge is 2.75. The molecule has 0 radical (unpaired) electrons. The zero-order valence-corrected chi connectivity index (χ0v) is 20.9. The number of esters is 1. The van der Waals surface area contributed by atoms with Crippen LogP contribution in [0.5, 0.6) is 0 Å².